The van der Waals surface area contributed by atoms with Crippen molar-refractivity contribution in [1.29, 1.82) is 0 Å². The summed E-state index contributed by atoms with van der Waals surface area (Å²) in [5, 5.41) is 7.83. The Kier molecular flexibility index (Phi) is 5.00. The van der Waals surface area contributed by atoms with Gasteiger partial charge in [0.15, 0.2) is 0 Å². The van der Waals surface area contributed by atoms with E-state index in [9.17, 15) is 4.79 Å². The maximum absolute atomic E-state index is 12.7. The summed E-state index contributed by atoms with van der Waals surface area (Å²) in [7, 11) is 0. The van der Waals surface area contributed by atoms with Gasteiger partial charge in [0.05, 0.1) is 11.2 Å². The highest BCUT2D eigenvalue weighted by Crippen LogP contribution is 2.40. The molecule has 1 saturated carbocycles. The largest absolute Gasteiger partial charge is 0.349 e. The summed E-state index contributed by atoms with van der Waals surface area (Å²) < 4.78 is 1.90. The van der Waals surface area contributed by atoms with Crippen LogP contribution in [0.15, 0.2) is 6.07 Å². The minimum absolute atomic E-state index is 0.00832. The van der Waals surface area contributed by atoms with Crippen molar-refractivity contribution in [2.75, 3.05) is 19.6 Å². The zero-order chi connectivity index (χ0) is 17.3. The third kappa shape index (κ3) is 4.00. The molecule has 1 saturated heterocycles. The molecule has 1 N–H and O–H groups in total. The van der Waals surface area contributed by atoms with E-state index in [2.05, 4.69) is 37.9 Å². The molecule has 0 aromatic carbocycles. The van der Waals surface area contributed by atoms with Crippen molar-refractivity contribution < 1.29 is 4.79 Å². The van der Waals surface area contributed by atoms with Crippen LogP contribution in [0, 0.1) is 0 Å². The summed E-state index contributed by atoms with van der Waals surface area (Å²) in [4.78, 5) is 15.2. The molecule has 5 nitrogen and oxygen atoms in total. The Balaban J connectivity index is 1.61. The Morgan fingerprint density at radius 2 is 2.04 bits per heavy atom. The van der Waals surface area contributed by atoms with Crippen LogP contribution >= 0.6 is 0 Å². The van der Waals surface area contributed by atoms with Crippen LogP contribution in [-0.4, -0.2) is 46.3 Å². The van der Waals surface area contributed by atoms with Gasteiger partial charge < -0.3 is 5.32 Å². The van der Waals surface area contributed by atoms with Gasteiger partial charge in [0.1, 0.15) is 5.69 Å². The standard InChI is InChI=1S/C19H32N4O/c1-14-7-5-6-11-22(14)12-10-20-18(24)17-13-16(15-8-9-15)21-23(17)19(2,3)4/h13-15H,5-12H2,1-4H3,(H,20,24). The quantitative estimate of drug-likeness (QED) is 0.901. The molecule has 2 heterocycles. The van der Waals surface area contributed by atoms with E-state index >= 15 is 0 Å². The van der Waals surface area contributed by atoms with E-state index < -0.39 is 0 Å². The predicted octanol–water partition coefficient (Wildman–Crippen LogP) is 3.12. The fourth-order valence-corrected chi connectivity index (χ4v) is 3.54. The van der Waals surface area contributed by atoms with Crippen molar-refractivity contribution >= 4 is 5.91 Å². The predicted molar refractivity (Wildman–Crippen MR) is 96.4 cm³/mol. The highest BCUT2D eigenvalue weighted by Gasteiger charge is 2.31. The average Bonchev–Trinajstić information content (AvgIpc) is 3.26. The molecule has 1 atom stereocenters. The Hall–Kier alpha value is -1.36. The van der Waals surface area contributed by atoms with Gasteiger partial charge in [-0.15, -0.1) is 0 Å². The van der Waals surface area contributed by atoms with Crippen molar-refractivity contribution in [2.24, 2.45) is 0 Å². The van der Waals surface area contributed by atoms with Crippen molar-refractivity contribution in [3.8, 4) is 0 Å². The van der Waals surface area contributed by atoms with Gasteiger partial charge in [-0.05, 0) is 66.0 Å². The van der Waals surface area contributed by atoms with Gasteiger partial charge in [0.2, 0.25) is 0 Å². The highest BCUT2D eigenvalue weighted by molar-refractivity contribution is 5.92. The summed E-state index contributed by atoms with van der Waals surface area (Å²) in [6, 6.07) is 2.64. The number of nitrogens with zero attached hydrogens (tertiary/aromatic N) is 3. The van der Waals surface area contributed by atoms with Gasteiger partial charge in [-0.2, -0.15) is 5.10 Å². The van der Waals surface area contributed by atoms with Crippen molar-refractivity contribution in [3.63, 3.8) is 0 Å². The van der Waals surface area contributed by atoms with Crippen molar-refractivity contribution in [1.82, 2.24) is 20.0 Å². The molecule has 0 bridgehead atoms. The second-order valence-corrected chi connectivity index (χ2v) is 8.45. The average molecular weight is 332 g/mol. The Bertz CT molecular complexity index is 583. The number of hydrogen-bond acceptors (Lipinski definition) is 3. The summed E-state index contributed by atoms with van der Waals surface area (Å²) in [5.74, 6) is 0.573. The monoisotopic (exact) mass is 332 g/mol. The minimum Gasteiger partial charge on any atom is -0.349 e. The van der Waals surface area contributed by atoms with E-state index in [0.717, 1.165) is 18.8 Å². The molecule has 1 aliphatic heterocycles. The number of hydrogen-bond donors (Lipinski definition) is 1. The molecule has 1 amide bonds. The maximum atomic E-state index is 12.7. The van der Waals surface area contributed by atoms with Crippen LogP contribution in [0.3, 0.4) is 0 Å². The molecule has 3 rings (SSSR count). The third-order valence-electron chi connectivity index (χ3n) is 5.22. The first-order chi connectivity index (χ1) is 11.4. The molecule has 5 heteroatoms. The Morgan fingerprint density at radius 1 is 1.29 bits per heavy atom. The molecule has 0 spiro atoms. The number of likely N-dealkylation sites (tertiary alicyclic amines) is 1. The van der Waals surface area contributed by atoms with Crippen LogP contribution in [-0.2, 0) is 5.54 Å². The van der Waals surface area contributed by atoms with Gasteiger partial charge in [0, 0.05) is 25.0 Å². The van der Waals surface area contributed by atoms with Gasteiger partial charge in [-0.3, -0.25) is 14.4 Å². The summed E-state index contributed by atoms with van der Waals surface area (Å²) in [5.41, 5.74) is 1.61. The zero-order valence-corrected chi connectivity index (χ0v) is 15.6. The minimum atomic E-state index is -0.179. The second kappa shape index (κ2) is 6.87. The summed E-state index contributed by atoms with van der Waals surface area (Å²) in [6.07, 6.45) is 6.29. The van der Waals surface area contributed by atoms with Crippen molar-refractivity contribution in [3.05, 3.63) is 17.5 Å². The Labute approximate surface area is 145 Å². The lowest BCUT2D eigenvalue weighted by Gasteiger charge is -2.33. The topological polar surface area (TPSA) is 50.2 Å². The molecule has 1 unspecified atom stereocenters. The number of carbonyl (C=O) groups is 1. The van der Waals surface area contributed by atoms with Crippen LogP contribution in [0.2, 0.25) is 0 Å². The van der Waals surface area contributed by atoms with Gasteiger partial charge in [-0.1, -0.05) is 6.42 Å². The number of piperidine rings is 1. The van der Waals surface area contributed by atoms with E-state index in [4.69, 9.17) is 5.10 Å². The fraction of sp³-hybridized carbons (Fsp3) is 0.789. The first-order valence-corrected chi connectivity index (χ1v) is 9.49. The summed E-state index contributed by atoms with van der Waals surface area (Å²) in [6.45, 7) is 11.4. The van der Waals surface area contributed by atoms with E-state index in [0.29, 0.717) is 24.2 Å². The van der Waals surface area contributed by atoms with E-state index in [-0.39, 0.29) is 11.4 Å². The van der Waals surface area contributed by atoms with Crippen LogP contribution in [0.5, 0.6) is 0 Å². The van der Waals surface area contributed by atoms with Crippen LogP contribution < -0.4 is 5.32 Å². The molecule has 1 aliphatic carbocycles. The number of carbonyl (C=O) groups excluding carboxylic acids is 1. The lowest BCUT2D eigenvalue weighted by Crippen LogP contribution is -2.43. The molecule has 1 aromatic rings. The Morgan fingerprint density at radius 3 is 2.67 bits per heavy atom. The van der Waals surface area contributed by atoms with Gasteiger partial charge in [-0.25, -0.2) is 0 Å². The lowest BCUT2D eigenvalue weighted by atomic mass is 10.0. The first-order valence-electron chi connectivity index (χ1n) is 9.49. The van der Waals surface area contributed by atoms with Crippen LogP contribution in [0.1, 0.15) is 81.9 Å². The number of rotatable bonds is 5. The van der Waals surface area contributed by atoms with E-state index in [1.165, 1.54) is 32.1 Å². The number of nitrogens with one attached hydrogen (secondary N) is 1. The van der Waals surface area contributed by atoms with Crippen molar-refractivity contribution in [2.45, 2.75) is 77.3 Å². The zero-order valence-electron chi connectivity index (χ0n) is 15.6. The van der Waals surface area contributed by atoms with E-state index in [1.807, 2.05) is 10.7 Å². The molecule has 2 aliphatic rings. The molecule has 24 heavy (non-hydrogen) atoms. The molecule has 2 fully saturated rings. The normalized spacial score (nSPS) is 22.6. The van der Waals surface area contributed by atoms with Gasteiger partial charge >= 0.3 is 0 Å². The lowest BCUT2D eigenvalue weighted by molar-refractivity contribution is 0.0920. The molecule has 134 valence electrons. The number of aromatic nitrogens is 2. The summed E-state index contributed by atoms with van der Waals surface area (Å²) >= 11 is 0. The first kappa shape index (κ1) is 17.5. The van der Waals surface area contributed by atoms with Gasteiger partial charge in [0.25, 0.3) is 5.91 Å². The smallest absolute Gasteiger partial charge is 0.269 e. The SMILES string of the molecule is CC1CCCCN1CCNC(=O)c1cc(C2CC2)nn1C(C)(C)C. The molecule has 1 aromatic heterocycles. The fourth-order valence-electron chi connectivity index (χ4n) is 3.54. The molecular formula is C19H32N4O. The highest BCUT2D eigenvalue weighted by atomic mass is 16.2. The second-order valence-electron chi connectivity index (χ2n) is 8.45. The van der Waals surface area contributed by atoms with Crippen LogP contribution in [0.4, 0.5) is 0 Å². The number of amides is 1. The molecular weight excluding hydrogens is 300 g/mol. The van der Waals surface area contributed by atoms with E-state index in [1.54, 1.807) is 0 Å². The maximum Gasteiger partial charge on any atom is 0.269 e. The third-order valence-corrected chi connectivity index (χ3v) is 5.22. The molecule has 0 radical (unpaired) electrons. The van der Waals surface area contributed by atoms with Crippen LogP contribution in [0.25, 0.3) is 0 Å².